The second-order valence-corrected chi connectivity index (χ2v) is 9.29. The van der Waals surface area contributed by atoms with Gasteiger partial charge in [-0.05, 0) is 37.9 Å². The summed E-state index contributed by atoms with van der Waals surface area (Å²) < 4.78 is 5.55. The van der Waals surface area contributed by atoms with E-state index in [1.165, 1.54) is 13.0 Å². The lowest BCUT2D eigenvalue weighted by molar-refractivity contribution is -0.131. The number of anilines is 1. The molecule has 7 nitrogen and oxygen atoms in total. The molecule has 168 valence electrons. The lowest BCUT2D eigenvalue weighted by Gasteiger charge is -2.11. The Labute approximate surface area is 199 Å². The van der Waals surface area contributed by atoms with Crippen LogP contribution in [0.2, 0.25) is 10.0 Å². The first-order chi connectivity index (χ1) is 15.1. The Bertz CT molecular complexity index is 1220. The van der Waals surface area contributed by atoms with E-state index in [1.807, 2.05) is 37.2 Å². The number of ether oxygens (including phenoxy) is 1. The van der Waals surface area contributed by atoms with Gasteiger partial charge in [-0.1, -0.05) is 35.3 Å². The zero-order valence-corrected chi connectivity index (χ0v) is 20.0. The Morgan fingerprint density at radius 2 is 1.91 bits per heavy atom. The van der Waals surface area contributed by atoms with E-state index in [2.05, 4.69) is 5.32 Å². The molecule has 0 fully saturated rings. The Kier molecular flexibility index (Phi) is 7.40. The zero-order chi connectivity index (χ0) is 23.6. The van der Waals surface area contributed by atoms with Gasteiger partial charge in [-0.25, -0.2) is 0 Å². The van der Waals surface area contributed by atoms with Crippen molar-refractivity contribution in [3.63, 3.8) is 0 Å². The van der Waals surface area contributed by atoms with Crippen LogP contribution in [0, 0.1) is 0 Å². The van der Waals surface area contributed by atoms with Crippen LogP contribution in [-0.4, -0.2) is 36.8 Å². The van der Waals surface area contributed by atoms with Gasteiger partial charge in [-0.3, -0.25) is 14.4 Å². The largest absolute Gasteiger partial charge is 0.423 e. The maximum Gasteiger partial charge on any atom is 0.308 e. The van der Waals surface area contributed by atoms with Gasteiger partial charge >= 0.3 is 5.97 Å². The van der Waals surface area contributed by atoms with Crippen LogP contribution >= 0.6 is 34.5 Å². The maximum atomic E-state index is 12.7. The highest BCUT2D eigenvalue weighted by Crippen LogP contribution is 2.45. The van der Waals surface area contributed by atoms with Crippen LogP contribution < -0.4 is 15.8 Å². The molecule has 0 aliphatic heterocycles. The molecule has 3 rings (SSSR count). The third kappa shape index (κ3) is 5.39. The number of thiophene rings is 1. The normalized spacial score (nSPS) is 11.1. The minimum atomic E-state index is -0.709. The standard InChI is InChI=1S/C22H21Cl2N3O4S/c1-11(28)31-20-15(23)8-14-18(22(25)30)16(32-21(14)19(20)24)9-17(29)26-13-6-4-5-12(7-13)10-27(2)3/h4-8H,9-10H2,1-3H3,(H2,25,30)(H,26,29). The van der Waals surface area contributed by atoms with Gasteiger partial charge in [-0.15, -0.1) is 11.3 Å². The van der Waals surface area contributed by atoms with E-state index in [4.69, 9.17) is 33.7 Å². The number of hydrogen-bond acceptors (Lipinski definition) is 6. The Hall–Kier alpha value is -2.65. The van der Waals surface area contributed by atoms with E-state index in [0.29, 0.717) is 20.7 Å². The van der Waals surface area contributed by atoms with Gasteiger partial charge in [0.05, 0.1) is 21.7 Å². The van der Waals surface area contributed by atoms with Crippen LogP contribution in [0.25, 0.3) is 10.1 Å². The number of nitrogens with zero attached hydrogens (tertiary/aromatic N) is 1. The summed E-state index contributed by atoms with van der Waals surface area (Å²) in [5, 5.41) is 3.40. The van der Waals surface area contributed by atoms with Crippen LogP contribution in [0.1, 0.15) is 27.7 Å². The quantitative estimate of drug-likeness (QED) is 0.373. The first kappa shape index (κ1) is 24.0. The first-order valence-electron chi connectivity index (χ1n) is 9.52. The van der Waals surface area contributed by atoms with Gasteiger partial charge < -0.3 is 20.7 Å². The molecule has 1 aromatic heterocycles. The summed E-state index contributed by atoms with van der Waals surface area (Å²) in [6, 6.07) is 8.98. The molecule has 0 saturated heterocycles. The average molecular weight is 494 g/mol. The van der Waals surface area contributed by atoms with Crippen LogP contribution in [0.4, 0.5) is 5.69 Å². The molecule has 10 heteroatoms. The summed E-state index contributed by atoms with van der Waals surface area (Å²) in [5.41, 5.74) is 7.46. The molecule has 0 spiro atoms. The zero-order valence-electron chi connectivity index (χ0n) is 17.6. The topological polar surface area (TPSA) is 102 Å². The molecule has 0 bridgehead atoms. The van der Waals surface area contributed by atoms with Crippen molar-refractivity contribution in [1.82, 2.24) is 4.90 Å². The van der Waals surface area contributed by atoms with Crippen molar-refractivity contribution >= 4 is 68.1 Å². The summed E-state index contributed by atoms with van der Waals surface area (Å²) in [5.74, 6) is -1.61. The maximum absolute atomic E-state index is 12.7. The van der Waals surface area contributed by atoms with Gasteiger partial charge in [0.2, 0.25) is 11.8 Å². The van der Waals surface area contributed by atoms with Crippen molar-refractivity contribution < 1.29 is 19.1 Å². The van der Waals surface area contributed by atoms with Crippen LogP contribution in [0.5, 0.6) is 5.75 Å². The van der Waals surface area contributed by atoms with Crippen molar-refractivity contribution in [3.05, 3.63) is 56.4 Å². The number of hydrogen-bond donors (Lipinski definition) is 2. The van der Waals surface area contributed by atoms with E-state index in [1.54, 1.807) is 6.07 Å². The highest BCUT2D eigenvalue weighted by atomic mass is 35.5. The number of carbonyl (C=O) groups is 3. The van der Waals surface area contributed by atoms with Crippen LogP contribution in [0.3, 0.4) is 0 Å². The molecule has 0 unspecified atom stereocenters. The van der Waals surface area contributed by atoms with Crippen molar-refractivity contribution in [2.45, 2.75) is 19.9 Å². The van der Waals surface area contributed by atoms with Gasteiger partial charge in [0.25, 0.3) is 0 Å². The molecule has 2 aromatic carbocycles. The summed E-state index contributed by atoms with van der Waals surface area (Å²) >= 11 is 13.7. The summed E-state index contributed by atoms with van der Waals surface area (Å²) in [6.07, 6.45) is -0.0909. The van der Waals surface area contributed by atoms with Crippen molar-refractivity contribution in [2.75, 3.05) is 19.4 Å². The molecule has 2 amide bonds. The molecule has 0 radical (unpaired) electrons. The summed E-state index contributed by atoms with van der Waals surface area (Å²) in [7, 11) is 3.92. The van der Waals surface area contributed by atoms with E-state index >= 15 is 0 Å². The van der Waals surface area contributed by atoms with Crippen molar-refractivity contribution in [1.29, 1.82) is 0 Å². The fraction of sp³-hybridized carbons (Fsp3) is 0.227. The third-order valence-electron chi connectivity index (χ3n) is 4.43. The number of nitrogens with two attached hydrogens (primary N) is 1. The van der Waals surface area contributed by atoms with Crippen molar-refractivity contribution in [2.24, 2.45) is 5.73 Å². The van der Waals surface area contributed by atoms with E-state index in [-0.39, 0.29) is 33.7 Å². The predicted molar refractivity (Wildman–Crippen MR) is 128 cm³/mol. The second-order valence-electron chi connectivity index (χ2n) is 7.40. The number of carbonyl (C=O) groups excluding carboxylic acids is 3. The molecular weight excluding hydrogens is 473 g/mol. The van der Waals surface area contributed by atoms with Crippen LogP contribution in [-0.2, 0) is 22.6 Å². The number of benzene rings is 2. The molecule has 32 heavy (non-hydrogen) atoms. The Balaban J connectivity index is 1.93. The number of rotatable bonds is 7. The third-order valence-corrected chi connectivity index (χ3v) is 6.40. The minimum Gasteiger partial charge on any atom is -0.423 e. The number of fused-ring (bicyclic) bond motifs is 1. The smallest absolute Gasteiger partial charge is 0.308 e. The van der Waals surface area contributed by atoms with Gasteiger partial charge in [0, 0.05) is 29.4 Å². The highest BCUT2D eigenvalue weighted by Gasteiger charge is 2.24. The molecule has 0 atom stereocenters. The van der Waals surface area contributed by atoms with E-state index in [0.717, 1.165) is 23.4 Å². The molecule has 3 N–H and O–H groups in total. The van der Waals surface area contributed by atoms with Gasteiger partial charge in [-0.2, -0.15) is 0 Å². The Morgan fingerprint density at radius 1 is 1.19 bits per heavy atom. The number of halogens is 2. The molecule has 3 aromatic rings. The number of nitrogens with one attached hydrogen (secondary N) is 1. The molecule has 1 heterocycles. The van der Waals surface area contributed by atoms with Gasteiger partial charge in [0.15, 0.2) is 5.75 Å². The summed E-state index contributed by atoms with van der Waals surface area (Å²) in [4.78, 5) is 38.8. The number of amides is 2. The molecule has 0 aliphatic rings. The first-order valence-corrected chi connectivity index (χ1v) is 11.1. The SMILES string of the molecule is CC(=O)Oc1c(Cl)cc2c(C(N)=O)c(CC(=O)Nc3cccc(CN(C)C)c3)sc2c1Cl. The molecule has 0 saturated carbocycles. The predicted octanol–water partition coefficient (Wildman–Crippen LogP) is 4.48. The van der Waals surface area contributed by atoms with E-state index < -0.39 is 11.9 Å². The minimum absolute atomic E-state index is 0.000637. The highest BCUT2D eigenvalue weighted by molar-refractivity contribution is 7.20. The number of primary amides is 1. The molecular formula is C22H21Cl2N3O4S. The Morgan fingerprint density at radius 3 is 2.53 bits per heavy atom. The van der Waals surface area contributed by atoms with Gasteiger partial charge in [0.1, 0.15) is 5.02 Å². The summed E-state index contributed by atoms with van der Waals surface area (Å²) in [6.45, 7) is 1.96. The van der Waals surface area contributed by atoms with Crippen LogP contribution in [0.15, 0.2) is 30.3 Å². The lowest BCUT2D eigenvalue weighted by atomic mass is 10.1. The number of esters is 1. The lowest BCUT2D eigenvalue weighted by Crippen LogP contribution is -2.18. The fourth-order valence-electron chi connectivity index (χ4n) is 3.29. The second kappa shape index (κ2) is 9.87. The fourth-order valence-corrected chi connectivity index (χ4v) is 5.15. The monoisotopic (exact) mass is 493 g/mol. The van der Waals surface area contributed by atoms with E-state index in [9.17, 15) is 14.4 Å². The molecule has 0 aliphatic carbocycles. The van der Waals surface area contributed by atoms with Crippen molar-refractivity contribution in [3.8, 4) is 5.75 Å². The average Bonchev–Trinajstić information content (AvgIpc) is 3.02.